The third-order valence-electron chi connectivity index (χ3n) is 6.41. The minimum Gasteiger partial charge on any atom is -0.378 e. The third kappa shape index (κ3) is 4.20. The van der Waals surface area contributed by atoms with E-state index in [9.17, 15) is 4.79 Å². The fourth-order valence-electron chi connectivity index (χ4n) is 4.40. The minimum atomic E-state index is 0.200. The van der Waals surface area contributed by atoms with Crippen molar-refractivity contribution in [2.75, 3.05) is 32.1 Å². The van der Waals surface area contributed by atoms with Crippen LogP contribution in [0.2, 0.25) is 0 Å². The third-order valence-corrected chi connectivity index (χ3v) is 6.41. The number of hydrogen-bond donors (Lipinski definition) is 1. The SMILES string of the molecule is CN(C)c1ccc(CN2CCC3(CC2)CC3C(=O)NCc2cccnc2)cc1. The average Bonchev–Trinajstić information content (AvgIpc) is 3.43. The lowest BCUT2D eigenvalue weighted by Gasteiger charge is -2.33. The van der Waals surface area contributed by atoms with E-state index in [-0.39, 0.29) is 17.2 Å². The van der Waals surface area contributed by atoms with Crippen LogP contribution in [0.15, 0.2) is 48.8 Å². The van der Waals surface area contributed by atoms with E-state index in [1.807, 2.05) is 18.3 Å². The Morgan fingerprint density at radius 1 is 1.18 bits per heavy atom. The van der Waals surface area contributed by atoms with Gasteiger partial charge in [0.2, 0.25) is 5.91 Å². The second-order valence-electron chi connectivity index (χ2n) is 8.54. The standard InChI is InChI=1S/C23H30N4O/c1-26(2)20-7-5-18(6-8-20)17-27-12-9-23(10-13-27)14-21(23)22(28)25-16-19-4-3-11-24-15-19/h3-8,11,15,21H,9-10,12-14,16-17H2,1-2H3,(H,25,28). The molecule has 28 heavy (non-hydrogen) atoms. The van der Waals surface area contributed by atoms with Crippen LogP contribution in [-0.4, -0.2) is 43.0 Å². The highest BCUT2D eigenvalue weighted by Gasteiger charge is 2.58. The van der Waals surface area contributed by atoms with Crippen molar-refractivity contribution in [3.63, 3.8) is 0 Å². The van der Waals surface area contributed by atoms with E-state index in [0.29, 0.717) is 6.54 Å². The Balaban J connectivity index is 1.23. The van der Waals surface area contributed by atoms with Gasteiger partial charge in [-0.1, -0.05) is 18.2 Å². The maximum Gasteiger partial charge on any atom is 0.223 e. The summed E-state index contributed by atoms with van der Waals surface area (Å²) in [6.45, 7) is 3.75. The van der Waals surface area contributed by atoms with Gasteiger partial charge in [0.05, 0.1) is 0 Å². The number of likely N-dealkylation sites (tertiary alicyclic amines) is 1. The summed E-state index contributed by atoms with van der Waals surface area (Å²) in [7, 11) is 4.13. The molecule has 2 aliphatic rings. The van der Waals surface area contributed by atoms with Gasteiger partial charge in [-0.25, -0.2) is 0 Å². The van der Waals surface area contributed by atoms with Gasteiger partial charge < -0.3 is 10.2 Å². The largest absolute Gasteiger partial charge is 0.378 e. The molecule has 1 aliphatic heterocycles. The molecule has 5 nitrogen and oxygen atoms in total. The van der Waals surface area contributed by atoms with E-state index in [4.69, 9.17) is 0 Å². The second kappa shape index (κ2) is 7.92. The Morgan fingerprint density at radius 2 is 1.93 bits per heavy atom. The lowest BCUT2D eigenvalue weighted by Crippen LogP contribution is -2.36. The topological polar surface area (TPSA) is 48.5 Å². The van der Waals surface area contributed by atoms with Crippen molar-refractivity contribution in [1.82, 2.24) is 15.2 Å². The van der Waals surface area contributed by atoms with Crippen molar-refractivity contribution >= 4 is 11.6 Å². The molecule has 2 aromatic rings. The van der Waals surface area contributed by atoms with Crippen molar-refractivity contribution in [2.45, 2.75) is 32.4 Å². The van der Waals surface area contributed by atoms with Crippen molar-refractivity contribution in [3.8, 4) is 0 Å². The summed E-state index contributed by atoms with van der Waals surface area (Å²) in [5, 5.41) is 3.10. The molecule has 0 bridgehead atoms. The van der Waals surface area contributed by atoms with Gasteiger partial charge in [-0.05, 0) is 67.1 Å². The average molecular weight is 379 g/mol. The lowest BCUT2D eigenvalue weighted by molar-refractivity contribution is -0.123. The van der Waals surface area contributed by atoms with Gasteiger partial charge in [0.25, 0.3) is 0 Å². The molecule has 4 rings (SSSR count). The van der Waals surface area contributed by atoms with E-state index in [1.54, 1.807) is 6.20 Å². The van der Waals surface area contributed by atoms with Crippen molar-refractivity contribution in [1.29, 1.82) is 0 Å². The molecular weight excluding hydrogens is 348 g/mol. The van der Waals surface area contributed by atoms with Gasteiger partial charge in [-0.2, -0.15) is 0 Å². The van der Waals surface area contributed by atoms with Crippen LogP contribution >= 0.6 is 0 Å². The summed E-state index contributed by atoms with van der Waals surface area (Å²) in [6, 6.07) is 12.7. The summed E-state index contributed by atoms with van der Waals surface area (Å²) >= 11 is 0. The smallest absolute Gasteiger partial charge is 0.223 e. The molecule has 1 unspecified atom stereocenters. The Hall–Kier alpha value is -2.40. The Morgan fingerprint density at radius 3 is 2.57 bits per heavy atom. The molecule has 1 amide bonds. The number of piperidine rings is 1. The minimum absolute atomic E-state index is 0.200. The predicted octanol–water partition coefficient (Wildman–Crippen LogP) is 3.07. The Kier molecular flexibility index (Phi) is 5.36. The molecule has 1 saturated heterocycles. The van der Waals surface area contributed by atoms with Crippen LogP contribution < -0.4 is 10.2 Å². The fourth-order valence-corrected chi connectivity index (χ4v) is 4.40. The first kappa shape index (κ1) is 18.9. The number of nitrogens with zero attached hydrogens (tertiary/aromatic N) is 3. The first-order chi connectivity index (χ1) is 13.6. The number of anilines is 1. The number of aromatic nitrogens is 1. The molecule has 1 aromatic heterocycles. The van der Waals surface area contributed by atoms with Crippen molar-refractivity contribution in [3.05, 3.63) is 59.9 Å². The Bertz CT molecular complexity index is 795. The molecule has 2 heterocycles. The lowest BCUT2D eigenvalue weighted by atomic mass is 9.90. The monoisotopic (exact) mass is 378 g/mol. The molecule has 1 spiro atoms. The quantitative estimate of drug-likeness (QED) is 0.839. The van der Waals surface area contributed by atoms with Crippen LogP contribution in [0.1, 0.15) is 30.4 Å². The fraction of sp³-hybridized carbons (Fsp3) is 0.478. The highest BCUT2D eigenvalue weighted by molar-refractivity contribution is 5.82. The van der Waals surface area contributed by atoms with E-state index in [0.717, 1.165) is 44.5 Å². The molecular formula is C23H30N4O. The van der Waals surface area contributed by atoms with Gasteiger partial charge in [0.15, 0.2) is 0 Å². The number of benzene rings is 1. The zero-order chi connectivity index (χ0) is 19.6. The van der Waals surface area contributed by atoms with E-state index in [1.165, 1.54) is 11.3 Å². The van der Waals surface area contributed by atoms with Crippen LogP contribution in [0, 0.1) is 11.3 Å². The van der Waals surface area contributed by atoms with Crippen molar-refractivity contribution in [2.24, 2.45) is 11.3 Å². The number of pyridine rings is 1. The van der Waals surface area contributed by atoms with Crippen LogP contribution in [0.3, 0.4) is 0 Å². The zero-order valence-corrected chi connectivity index (χ0v) is 16.9. The summed E-state index contributed by atoms with van der Waals surface area (Å²) in [5.74, 6) is 0.419. The van der Waals surface area contributed by atoms with E-state index in [2.05, 4.69) is 58.5 Å². The number of hydrogen-bond acceptors (Lipinski definition) is 4. The zero-order valence-electron chi connectivity index (χ0n) is 16.9. The molecule has 1 saturated carbocycles. The van der Waals surface area contributed by atoms with Crippen LogP contribution in [0.4, 0.5) is 5.69 Å². The maximum atomic E-state index is 12.6. The van der Waals surface area contributed by atoms with Crippen LogP contribution in [0.25, 0.3) is 0 Å². The molecule has 5 heteroatoms. The van der Waals surface area contributed by atoms with Gasteiger partial charge >= 0.3 is 0 Å². The Labute approximate surface area is 167 Å². The second-order valence-corrected chi connectivity index (χ2v) is 8.54. The van der Waals surface area contributed by atoms with Gasteiger partial charge in [-0.3, -0.25) is 14.7 Å². The summed E-state index contributed by atoms with van der Waals surface area (Å²) in [4.78, 5) is 21.3. The first-order valence-corrected chi connectivity index (χ1v) is 10.2. The number of carbonyl (C=O) groups excluding carboxylic acids is 1. The first-order valence-electron chi connectivity index (χ1n) is 10.2. The van der Waals surface area contributed by atoms with Gasteiger partial charge in [0.1, 0.15) is 0 Å². The van der Waals surface area contributed by atoms with Crippen LogP contribution in [-0.2, 0) is 17.9 Å². The summed E-state index contributed by atoms with van der Waals surface area (Å²) < 4.78 is 0. The number of carbonyl (C=O) groups is 1. The van der Waals surface area contributed by atoms with Gasteiger partial charge in [-0.15, -0.1) is 0 Å². The molecule has 1 atom stereocenters. The van der Waals surface area contributed by atoms with Gasteiger partial charge in [0, 0.05) is 51.2 Å². The molecule has 1 aromatic carbocycles. The highest BCUT2D eigenvalue weighted by Crippen LogP contribution is 2.59. The van der Waals surface area contributed by atoms with Crippen molar-refractivity contribution < 1.29 is 4.79 Å². The van der Waals surface area contributed by atoms with Crippen LogP contribution in [0.5, 0.6) is 0 Å². The molecule has 148 valence electrons. The molecule has 0 radical (unpaired) electrons. The number of amides is 1. The maximum absolute atomic E-state index is 12.6. The number of nitrogens with one attached hydrogen (secondary N) is 1. The normalized spacial score (nSPS) is 20.7. The molecule has 2 fully saturated rings. The van der Waals surface area contributed by atoms with E-state index < -0.39 is 0 Å². The highest BCUT2D eigenvalue weighted by atomic mass is 16.2. The summed E-state index contributed by atoms with van der Waals surface area (Å²) in [5.41, 5.74) is 3.91. The molecule has 1 N–H and O–H groups in total. The molecule has 1 aliphatic carbocycles. The van der Waals surface area contributed by atoms with E-state index >= 15 is 0 Å². The predicted molar refractivity (Wildman–Crippen MR) is 112 cm³/mol. The number of rotatable bonds is 6. The summed E-state index contributed by atoms with van der Waals surface area (Å²) in [6.07, 6.45) is 6.89.